The van der Waals surface area contributed by atoms with Gasteiger partial charge in [-0.05, 0) is 36.5 Å². The molecule has 0 aliphatic heterocycles. The third-order valence-electron chi connectivity index (χ3n) is 4.27. The summed E-state index contributed by atoms with van der Waals surface area (Å²) in [6.07, 6.45) is 9.14. The molecule has 70 valence electrons. The summed E-state index contributed by atoms with van der Waals surface area (Å²) in [5.74, 6) is 4.28. The van der Waals surface area contributed by atoms with Crippen molar-refractivity contribution in [2.24, 2.45) is 23.7 Å². The zero-order chi connectivity index (χ0) is 8.55. The fourth-order valence-electron chi connectivity index (χ4n) is 3.52. The first-order valence-electron chi connectivity index (χ1n) is 5.77. The molecule has 0 unspecified atom stereocenters. The summed E-state index contributed by atoms with van der Waals surface area (Å²) in [6.45, 7) is 4.92. The lowest BCUT2D eigenvalue weighted by Gasteiger charge is -2.42. The van der Waals surface area contributed by atoms with Crippen LogP contribution in [0.1, 0.15) is 52.4 Å². The Morgan fingerprint density at radius 2 is 1.75 bits per heavy atom. The molecule has 0 aromatic carbocycles. The first-order chi connectivity index (χ1) is 5.77. The lowest BCUT2D eigenvalue weighted by atomic mass is 9.64. The van der Waals surface area contributed by atoms with E-state index < -0.39 is 0 Å². The van der Waals surface area contributed by atoms with Gasteiger partial charge in [0, 0.05) is 0 Å². The van der Waals surface area contributed by atoms with Crippen molar-refractivity contribution in [2.75, 3.05) is 0 Å². The summed E-state index contributed by atoms with van der Waals surface area (Å²) >= 11 is 0. The Morgan fingerprint density at radius 3 is 2.58 bits per heavy atom. The molecule has 0 bridgehead atoms. The minimum absolute atomic E-state index is 1.02. The van der Waals surface area contributed by atoms with Crippen LogP contribution in [0, 0.1) is 23.7 Å². The Morgan fingerprint density at radius 1 is 0.917 bits per heavy atom. The maximum Gasteiger partial charge on any atom is -0.0360 e. The molecular formula is C12H22. The molecule has 0 spiro atoms. The van der Waals surface area contributed by atoms with Crippen molar-refractivity contribution in [1.82, 2.24) is 0 Å². The van der Waals surface area contributed by atoms with Crippen molar-refractivity contribution < 1.29 is 0 Å². The smallest absolute Gasteiger partial charge is 0.0360 e. The van der Waals surface area contributed by atoms with Gasteiger partial charge in [0.15, 0.2) is 0 Å². The molecule has 2 saturated carbocycles. The molecule has 0 aromatic heterocycles. The van der Waals surface area contributed by atoms with Gasteiger partial charge in [-0.2, -0.15) is 0 Å². The van der Waals surface area contributed by atoms with Gasteiger partial charge < -0.3 is 0 Å². The van der Waals surface area contributed by atoms with Crippen LogP contribution in [-0.4, -0.2) is 0 Å². The summed E-state index contributed by atoms with van der Waals surface area (Å²) in [4.78, 5) is 0. The molecule has 0 nitrogen and oxygen atoms in total. The van der Waals surface area contributed by atoms with E-state index in [1.807, 2.05) is 0 Å². The maximum atomic E-state index is 2.48. The maximum absolute atomic E-state index is 2.48. The van der Waals surface area contributed by atoms with Crippen molar-refractivity contribution in [2.45, 2.75) is 52.4 Å². The second kappa shape index (κ2) is 3.40. The van der Waals surface area contributed by atoms with Gasteiger partial charge in [-0.1, -0.05) is 39.5 Å². The topological polar surface area (TPSA) is 0 Å². The molecule has 4 atom stereocenters. The van der Waals surface area contributed by atoms with Gasteiger partial charge in [-0.25, -0.2) is 0 Å². The summed E-state index contributed by atoms with van der Waals surface area (Å²) in [6, 6.07) is 0. The van der Waals surface area contributed by atoms with Gasteiger partial charge in [0.2, 0.25) is 0 Å². The van der Waals surface area contributed by atoms with Gasteiger partial charge in [-0.15, -0.1) is 0 Å². The van der Waals surface area contributed by atoms with Crippen LogP contribution < -0.4 is 0 Å². The Hall–Kier alpha value is 0. The quantitative estimate of drug-likeness (QED) is 0.512. The van der Waals surface area contributed by atoms with Gasteiger partial charge in [-0.3, -0.25) is 0 Å². The van der Waals surface area contributed by atoms with Crippen molar-refractivity contribution in [3.8, 4) is 0 Å². The lowest BCUT2D eigenvalue weighted by molar-refractivity contribution is 0.0892. The van der Waals surface area contributed by atoms with Crippen LogP contribution in [0.2, 0.25) is 0 Å². The van der Waals surface area contributed by atoms with Crippen molar-refractivity contribution in [3.05, 3.63) is 0 Å². The zero-order valence-corrected chi connectivity index (χ0v) is 8.55. The predicted octanol–water partition coefficient (Wildman–Crippen LogP) is 3.86. The molecule has 0 N–H and O–H groups in total. The molecule has 0 amide bonds. The van der Waals surface area contributed by atoms with E-state index in [0.717, 1.165) is 23.7 Å². The molecule has 2 aliphatic rings. The van der Waals surface area contributed by atoms with Crippen molar-refractivity contribution in [3.63, 3.8) is 0 Å². The Balaban J connectivity index is 1.99. The monoisotopic (exact) mass is 166 g/mol. The standard InChI is InChI=1S/C12H22/c1-9-6-7-12-10(2)4-3-5-11(12)8-9/h9-12H,3-8H2,1-2H3/t9-,10-,11-,12-/m0/s1. The molecule has 2 rings (SSSR count). The molecule has 0 heterocycles. The van der Waals surface area contributed by atoms with Gasteiger partial charge in [0.25, 0.3) is 0 Å². The largest absolute Gasteiger partial charge is 0.0625 e. The molecular weight excluding hydrogens is 144 g/mol. The summed E-state index contributed by atoms with van der Waals surface area (Å²) in [5.41, 5.74) is 0. The summed E-state index contributed by atoms with van der Waals surface area (Å²) in [7, 11) is 0. The van der Waals surface area contributed by atoms with Crippen LogP contribution in [0.3, 0.4) is 0 Å². The minimum atomic E-state index is 1.02. The molecule has 0 saturated heterocycles. The van der Waals surface area contributed by atoms with Crippen LogP contribution in [0.5, 0.6) is 0 Å². The Labute approximate surface area is 76.7 Å². The third-order valence-corrected chi connectivity index (χ3v) is 4.27. The lowest BCUT2D eigenvalue weighted by Crippen LogP contribution is -2.31. The van der Waals surface area contributed by atoms with Crippen molar-refractivity contribution in [1.29, 1.82) is 0 Å². The number of hydrogen-bond acceptors (Lipinski definition) is 0. The van der Waals surface area contributed by atoms with Crippen LogP contribution in [0.4, 0.5) is 0 Å². The van der Waals surface area contributed by atoms with Gasteiger partial charge in [0.05, 0.1) is 0 Å². The number of fused-ring (bicyclic) bond motifs is 1. The Bertz CT molecular complexity index is 150. The number of hydrogen-bond donors (Lipinski definition) is 0. The van der Waals surface area contributed by atoms with Crippen LogP contribution in [-0.2, 0) is 0 Å². The highest BCUT2D eigenvalue weighted by Gasteiger charge is 2.34. The van der Waals surface area contributed by atoms with E-state index in [1.165, 1.54) is 32.1 Å². The molecule has 0 heteroatoms. The molecule has 0 aromatic rings. The van der Waals surface area contributed by atoms with Gasteiger partial charge in [0.1, 0.15) is 0 Å². The average molecular weight is 166 g/mol. The van der Waals surface area contributed by atoms with Crippen LogP contribution >= 0.6 is 0 Å². The van der Waals surface area contributed by atoms with E-state index in [4.69, 9.17) is 0 Å². The van der Waals surface area contributed by atoms with E-state index in [1.54, 1.807) is 6.42 Å². The zero-order valence-electron chi connectivity index (χ0n) is 8.55. The van der Waals surface area contributed by atoms with Crippen molar-refractivity contribution >= 4 is 0 Å². The predicted molar refractivity (Wildman–Crippen MR) is 53.0 cm³/mol. The number of rotatable bonds is 0. The fraction of sp³-hybridized carbons (Fsp3) is 1.00. The third kappa shape index (κ3) is 1.53. The first kappa shape index (κ1) is 8.59. The Kier molecular flexibility index (Phi) is 2.43. The first-order valence-corrected chi connectivity index (χ1v) is 5.77. The highest BCUT2D eigenvalue weighted by molar-refractivity contribution is 4.85. The minimum Gasteiger partial charge on any atom is -0.0625 e. The molecule has 2 aliphatic carbocycles. The SMILES string of the molecule is C[C@H]1CC[C@@H]2[C@@H](CCC[C@@H]2C)C1. The van der Waals surface area contributed by atoms with Crippen LogP contribution in [0.15, 0.2) is 0 Å². The summed E-state index contributed by atoms with van der Waals surface area (Å²) in [5, 5.41) is 0. The van der Waals surface area contributed by atoms with Crippen LogP contribution in [0.25, 0.3) is 0 Å². The van der Waals surface area contributed by atoms with E-state index in [-0.39, 0.29) is 0 Å². The van der Waals surface area contributed by atoms with E-state index in [2.05, 4.69) is 13.8 Å². The second-order valence-electron chi connectivity index (χ2n) is 5.25. The normalized spacial score (nSPS) is 48.5. The molecule has 2 fully saturated rings. The fourth-order valence-corrected chi connectivity index (χ4v) is 3.52. The average Bonchev–Trinajstić information content (AvgIpc) is 2.04. The van der Waals surface area contributed by atoms with Gasteiger partial charge >= 0.3 is 0 Å². The van der Waals surface area contributed by atoms with E-state index >= 15 is 0 Å². The summed E-state index contributed by atoms with van der Waals surface area (Å²) < 4.78 is 0. The highest BCUT2D eigenvalue weighted by atomic mass is 14.4. The second-order valence-corrected chi connectivity index (χ2v) is 5.25. The highest BCUT2D eigenvalue weighted by Crippen LogP contribution is 2.45. The van der Waals surface area contributed by atoms with E-state index in [0.29, 0.717) is 0 Å². The molecule has 0 radical (unpaired) electrons. The molecule has 12 heavy (non-hydrogen) atoms. The van der Waals surface area contributed by atoms with E-state index in [9.17, 15) is 0 Å².